The lowest BCUT2D eigenvalue weighted by molar-refractivity contribution is -0.119. The van der Waals surface area contributed by atoms with E-state index in [-0.39, 0.29) is 29.8 Å². The van der Waals surface area contributed by atoms with Crippen LogP contribution in [0.25, 0.3) is 0 Å². The summed E-state index contributed by atoms with van der Waals surface area (Å²) in [6.45, 7) is 3.71. The van der Waals surface area contributed by atoms with Gasteiger partial charge in [0.1, 0.15) is 5.82 Å². The minimum atomic E-state index is -0.486. The van der Waals surface area contributed by atoms with Crippen molar-refractivity contribution < 1.29 is 9.59 Å². The number of hydrogen-bond acceptors (Lipinski definition) is 5. The molecule has 0 aliphatic carbocycles. The third kappa shape index (κ3) is 3.41. The molecule has 0 spiro atoms. The second-order valence-electron chi connectivity index (χ2n) is 4.04. The standard InChI is InChI=1S/C11H17N5O2/c1-6(2)10-14-4-7(12)9(16-10)11(18)15-5-8(17)13-3/h4,6H,5,12H2,1-3H3,(H,13,17)(H,15,18). The Hall–Kier alpha value is -2.18. The van der Waals surface area contributed by atoms with Crippen LogP contribution in [0.3, 0.4) is 0 Å². The maximum Gasteiger partial charge on any atom is 0.272 e. The first kappa shape index (κ1) is 13.9. The highest BCUT2D eigenvalue weighted by atomic mass is 16.2. The Morgan fingerprint density at radius 2 is 2.11 bits per heavy atom. The number of nitrogen functional groups attached to an aromatic ring is 1. The van der Waals surface area contributed by atoms with Crippen LogP contribution in [0.2, 0.25) is 0 Å². The van der Waals surface area contributed by atoms with Crippen molar-refractivity contribution in [2.45, 2.75) is 19.8 Å². The molecule has 1 aromatic heterocycles. The first-order valence-electron chi connectivity index (χ1n) is 5.57. The zero-order chi connectivity index (χ0) is 13.7. The summed E-state index contributed by atoms with van der Waals surface area (Å²) in [5, 5.41) is 4.83. The number of nitrogens with one attached hydrogen (secondary N) is 2. The molecule has 2 amide bonds. The van der Waals surface area contributed by atoms with Crippen molar-refractivity contribution in [3.63, 3.8) is 0 Å². The van der Waals surface area contributed by atoms with Crippen molar-refractivity contribution in [2.75, 3.05) is 19.3 Å². The van der Waals surface area contributed by atoms with Gasteiger partial charge in [0.15, 0.2) is 5.69 Å². The molecule has 7 nitrogen and oxygen atoms in total. The molecule has 98 valence electrons. The van der Waals surface area contributed by atoms with Crippen molar-refractivity contribution >= 4 is 17.5 Å². The fourth-order valence-corrected chi connectivity index (χ4v) is 1.20. The van der Waals surface area contributed by atoms with Crippen LogP contribution in [-0.2, 0) is 4.79 Å². The van der Waals surface area contributed by atoms with E-state index < -0.39 is 5.91 Å². The maximum absolute atomic E-state index is 11.8. The Balaban J connectivity index is 2.84. The number of rotatable bonds is 4. The number of amides is 2. The molecule has 0 radical (unpaired) electrons. The first-order valence-corrected chi connectivity index (χ1v) is 5.57. The maximum atomic E-state index is 11.8. The molecule has 0 atom stereocenters. The Morgan fingerprint density at radius 3 is 2.67 bits per heavy atom. The van der Waals surface area contributed by atoms with Crippen LogP contribution in [0.15, 0.2) is 6.20 Å². The predicted molar refractivity (Wildman–Crippen MR) is 66.9 cm³/mol. The van der Waals surface area contributed by atoms with Gasteiger partial charge in [-0.1, -0.05) is 13.8 Å². The molecule has 1 rings (SSSR count). The van der Waals surface area contributed by atoms with Gasteiger partial charge in [0.25, 0.3) is 5.91 Å². The van der Waals surface area contributed by atoms with Gasteiger partial charge >= 0.3 is 0 Å². The highest BCUT2D eigenvalue weighted by Gasteiger charge is 2.15. The van der Waals surface area contributed by atoms with Crippen LogP contribution >= 0.6 is 0 Å². The van der Waals surface area contributed by atoms with Crippen molar-refractivity contribution in [3.05, 3.63) is 17.7 Å². The quantitative estimate of drug-likeness (QED) is 0.678. The normalized spacial score (nSPS) is 10.2. The lowest BCUT2D eigenvalue weighted by Crippen LogP contribution is -2.36. The molecule has 0 fully saturated rings. The highest BCUT2D eigenvalue weighted by molar-refractivity contribution is 5.98. The van der Waals surface area contributed by atoms with Crippen molar-refractivity contribution in [3.8, 4) is 0 Å². The van der Waals surface area contributed by atoms with Crippen LogP contribution in [0.4, 0.5) is 5.69 Å². The monoisotopic (exact) mass is 251 g/mol. The molecule has 4 N–H and O–H groups in total. The number of hydrogen-bond donors (Lipinski definition) is 3. The minimum absolute atomic E-state index is 0.0936. The Kier molecular flexibility index (Phi) is 4.59. The van der Waals surface area contributed by atoms with Gasteiger partial charge in [-0.3, -0.25) is 9.59 Å². The third-order valence-corrected chi connectivity index (χ3v) is 2.26. The molecule has 0 aromatic carbocycles. The third-order valence-electron chi connectivity index (χ3n) is 2.26. The van der Waals surface area contributed by atoms with Crippen molar-refractivity contribution in [1.82, 2.24) is 20.6 Å². The van der Waals surface area contributed by atoms with E-state index in [1.54, 1.807) is 0 Å². The van der Waals surface area contributed by atoms with E-state index in [1.807, 2.05) is 13.8 Å². The molecular weight excluding hydrogens is 234 g/mol. The van der Waals surface area contributed by atoms with E-state index in [9.17, 15) is 9.59 Å². The average molecular weight is 251 g/mol. The fourth-order valence-electron chi connectivity index (χ4n) is 1.20. The Morgan fingerprint density at radius 1 is 1.44 bits per heavy atom. The van der Waals surface area contributed by atoms with E-state index in [4.69, 9.17) is 5.73 Å². The zero-order valence-electron chi connectivity index (χ0n) is 10.7. The van der Waals surface area contributed by atoms with Gasteiger partial charge < -0.3 is 16.4 Å². The molecule has 1 aromatic rings. The van der Waals surface area contributed by atoms with E-state index in [0.717, 1.165) is 0 Å². The van der Waals surface area contributed by atoms with Crippen molar-refractivity contribution in [1.29, 1.82) is 0 Å². The average Bonchev–Trinajstić information content (AvgIpc) is 2.35. The van der Waals surface area contributed by atoms with Crippen LogP contribution in [-0.4, -0.2) is 35.4 Å². The van der Waals surface area contributed by atoms with Gasteiger partial charge in [-0.2, -0.15) is 0 Å². The van der Waals surface area contributed by atoms with E-state index in [1.165, 1.54) is 13.2 Å². The van der Waals surface area contributed by atoms with E-state index in [2.05, 4.69) is 20.6 Å². The summed E-state index contributed by atoms with van der Waals surface area (Å²) >= 11 is 0. The van der Waals surface area contributed by atoms with Gasteiger partial charge in [-0.05, 0) is 0 Å². The van der Waals surface area contributed by atoms with Gasteiger partial charge in [0, 0.05) is 13.0 Å². The Labute approximate surface area is 105 Å². The summed E-state index contributed by atoms with van der Waals surface area (Å²) in [6.07, 6.45) is 1.40. The molecule has 0 aliphatic rings. The molecular formula is C11H17N5O2. The van der Waals surface area contributed by atoms with Crippen LogP contribution in [0.5, 0.6) is 0 Å². The Bertz CT molecular complexity index is 459. The first-order chi connectivity index (χ1) is 8.45. The lowest BCUT2D eigenvalue weighted by atomic mass is 10.2. The molecule has 18 heavy (non-hydrogen) atoms. The molecule has 0 bridgehead atoms. The van der Waals surface area contributed by atoms with Crippen molar-refractivity contribution in [2.24, 2.45) is 0 Å². The number of nitrogens with zero attached hydrogens (tertiary/aromatic N) is 2. The predicted octanol–water partition coefficient (Wildman–Crippen LogP) is -0.342. The van der Waals surface area contributed by atoms with Gasteiger partial charge in [0.05, 0.1) is 18.4 Å². The summed E-state index contributed by atoms with van der Waals surface area (Å²) in [6, 6.07) is 0. The number of likely N-dealkylation sites (N-methyl/N-ethyl adjacent to an activating group) is 1. The molecule has 7 heteroatoms. The van der Waals surface area contributed by atoms with Gasteiger partial charge in [-0.25, -0.2) is 9.97 Å². The summed E-state index contributed by atoms with van der Waals surface area (Å²) in [7, 11) is 1.49. The topological polar surface area (TPSA) is 110 Å². The van der Waals surface area contributed by atoms with E-state index >= 15 is 0 Å². The second-order valence-corrected chi connectivity index (χ2v) is 4.04. The van der Waals surface area contributed by atoms with Gasteiger partial charge in [0.2, 0.25) is 5.91 Å². The van der Waals surface area contributed by atoms with Crippen LogP contribution < -0.4 is 16.4 Å². The fraction of sp³-hybridized carbons (Fsp3) is 0.455. The number of anilines is 1. The summed E-state index contributed by atoms with van der Waals surface area (Å²) in [5.41, 5.74) is 5.93. The molecule has 1 heterocycles. The molecule has 0 saturated heterocycles. The number of aromatic nitrogens is 2. The largest absolute Gasteiger partial charge is 0.396 e. The highest BCUT2D eigenvalue weighted by Crippen LogP contribution is 2.13. The molecule has 0 saturated carbocycles. The van der Waals surface area contributed by atoms with Crippen LogP contribution in [0.1, 0.15) is 36.1 Å². The number of nitrogens with two attached hydrogens (primary N) is 1. The zero-order valence-corrected chi connectivity index (χ0v) is 10.7. The second kappa shape index (κ2) is 5.95. The molecule has 0 aliphatic heterocycles. The number of carbonyl (C=O) groups excluding carboxylic acids is 2. The van der Waals surface area contributed by atoms with E-state index in [0.29, 0.717) is 5.82 Å². The summed E-state index contributed by atoms with van der Waals surface area (Å²) < 4.78 is 0. The summed E-state index contributed by atoms with van der Waals surface area (Å²) in [5.74, 6) is -0.147. The smallest absolute Gasteiger partial charge is 0.272 e. The lowest BCUT2D eigenvalue weighted by Gasteiger charge is -2.09. The van der Waals surface area contributed by atoms with Crippen LogP contribution in [0, 0.1) is 0 Å². The molecule has 0 unspecified atom stereocenters. The number of carbonyl (C=O) groups is 2. The summed E-state index contributed by atoms with van der Waals surface area (Å²) in [4.78, 5) is 30.9. The minimum Gasteiger partial charge on any atom is -0.396 e. The SMILES string of the molecule is CNC(=O)CNC(=O)c1nc(C(C)C)ncc1N. The van der Waals surface area contributed by atoms with Gasteiger partial charge in [-0.15, -0.1) is 0 Å².